The third-order valence-electron chi connectivity index (χ3n) is 8.94. The highest BCUT2D eigenvalue weighted by molar-refractivity contribution is 6.30. The lowest BCUT2D eigenvalue weighted by Crippen LogP contribution is -2.37. The topological polar surface area (TPSA) is 98.9 Å². The monoisotopic (exact) mass is 606 g/mol. The second kappa shape index (κ2) is 10.8. The van der Waals surface area contributed by atoms with Gasteiger partial charge in [0.25, 0.3) is 5.79 Å². The Morgan fingerprint density at radius 2 is 1.93 bits per heavy atom. The van der Waals surface area contributed by atoms with Crippen molar-refractivity contribution in [2.45, 2.75) is 63.5 Å². The number of aromatic nitrogens is 3. The fourth-order valence-corrected chi connectivity index (χ4v) is 6.63. The number of hydrogen-bond donors (Lipinski definition) is 1. The first-order chi connectivity index (χ1) is 20.7. The summed E-state index contributed by atoms with van der Waals surface area (Å²) in [4.78, 5) is 23.4. The standard InChI is InChI=1S/C32H32ClFN4O5/c1-18(29-35-25-8-9-26(31(39)40)36-30(25)38(29)17-21-12-15-41-21)37-13-10-19(11-14-37)22-4-3-5-27-28(22)43-32(2,42-27)23-7-6-20(33)16-24(23)34/h3-9,16,18-19,21H,10-15,17H2,1-2H3,(H,39,40)/t18?,21-,32-/m0/s1. The zero-order chi connectivity index (χ0) is 29.9. The van der Waals surface area contributed by atoms with Crippen LogP contribution < -0.4 is 9.47 Å². The van der Waals surface area contributed by atoms with Crippen molar-refractivity contribution in [1.82, 2.24) is 19.4 Å². The Hall–Kier alpha value is -3.73. The fourth-order valence-electron chi connectivity index (χ4n) is 6.47. The van der Waals surface area contributed by atoms with Gasteiger partial charge >= 0.3 is 5.97 Å². The van der Waals surface area contributed by atoms with E-state index in [1.54, 1.807) is 25.1 Å². The van der Waals surface area contributed by atoms with Crippen molar-refractivity contribution in [3.63, 3.8) is 0 Å². The number of rotatable bonds is 7. The molecule has 1 N–H and O–H groups in total. The molecule has 0 amide bonds. The maximum atomic E-state index is 14.8. The van der Waals surface area contributed by atoms with Crippen LogP contribution in [0.3, 0.4) is 0 Å². The molecule has 2 saturated heterocycles. The molecule has 1 unspecified atom stereocenters. The van der Waals surface area contributed by atoms with Crippen molar-refractivity contribution in [2.24, 2.45) is 0 Å². The Kier molecular flexibility index (Phi) is 7.03. The minimum absolute atomic E-state index is 0.000291. The van der Waals surface area contributed by atoms with Gasteiger partial charge in [-0.3, -0.25) is 4.90 Å². The van der Waals surface area contributed by atoms with Gasteiger partial charge in [0.05, 0.1) is 24.3 Å². The molecule has 11 heteroatoms. The average Bonchev–Trinajstić information content (AvgIpc) is 3.51. The SMILES string of the molecule is CC(c1nc2ccc(C(=O)O)nc2n1C[C@@H]1CCO1)N1CCC(c2cccc3c2O[C@@](C)(c2ccc(Cl)cc2F)O3)CC1. The van der Waals surface area contributed by atoms with E-state index in [4.69, 9.17) is 30.8 Å². The summed E-state index contributed by atoms with van der Waals surface area (Å²) in [5, 5.41) is 9.83. The lowest BCUT2D eigenvalue weighted by molar-refractivity contribution is -0.0712. The Morgan fingerprint density at radius 3 is 2.63 bits per heavy atom. The first-order valence-corrected chi connectivity index (χ1v) is 15.0. The molecule has 3 atom stereocenters. The molecule has 2 aromatic carbocycles. The van der Waals surface area contributed by atoms with Crippen LogP contribution in [0.4, 0.5) is 4.39 Å². The second-order valence-electron chi connectivity index (χ2n) is 11.6. The molecular formula is C32H32ClFN4O5. The number of carbonyl (C=O) groups is 1. The number of hydrogen-bond acceptors (Lipinski definition) is 7. The first kappa shape index (κ1) is 28.1. The highest BCUT2D eigenvalue weighted by Gasteiger charge is 2.43. The van der Waals surface area contributed by atoms with E-state index in [0.717, 1.165) is 50.3 Å². The van der Waals surface area contributed by atoms with Gasteiger partial charge in [0, 0.05) is 24.1 Å². The van der Waals surface area contributed by atoms with Crippen LogP contribution in [0.1, 0.15) is 72.5 Å². The molecule has 0 aliphatic carbocycles. The Morgan fingerprint density at radius 1 is 1.14 bits per heavy atom. The van der Waals surface area contributed by atoms with Crippen molar-refractivity contribution < 1.29 is 28.5 Å². The molecule has 0 radical (unpaired) electrons. The molecule has 0 spiro atoms. The largest absolute Gasteiger partial charge is 0.477 e. The highest BCUT2D eigenvalue weighted by Crippen LogP contribution is 2.50. The highest BCUT2D eigenvalue weighted by atomic mass is 35.5. The zero-order valence-corrected chi connectivity index (χ0v) is 24.7. The number of fused-ring (bicyclic) bond motifs is 2. The molecule has 4 aromatic rings. The minimum atomic E-state index is -1.29. The van der Waals surface area contributed by atoms with Crippen LogP contribution in [0.5, 0.6) is 11.5 Å². The number of ether oxygens (including phenoxy) is 3. The molecule has 7 rings (SSSR count). The number of imidazole rings is 1. The predicted octanol–water partition coefficient (Wildman–Crippen LogP) is 6.30. The smallest absolute Gasteiger partial charge is 0.354 e. The average molecular weight is 607 g/mol. The number of para-hydroxylation sites is 1. The van der Waals surface area contributed by atoms with Gasteiger partial charge in [-0.05, 0) is 81.6 Å². The predicted molar refractivity (Wildman–Crippen MR) is 157 cm³/mol. The lowest BCUT2D eigenvalue weighted by Gasteiger charge is -2.36. The van der Waals surface area contributed by atoms with E-state index >= 15 is 0 Å². The summed E-state index contributed by atoms with van der Waals surface area (Å²) in [5.41, 5.74) is 2.60. The Balaban J connectivity index is 1.10. The van der Waals surface area contributed by atoms with E-state index in [1.807, 2.05) is 16.7 Å². The molecule has 43 heavy (non-hydrogen) atoms. The van der Waals surface area contributed by atoms with Crippen molar-refractivity contribution in [1.29, 1.82) is 0 Å². The van der Waals surface area contributed by atoms with Gasteiger partial charge in [-0.2, -0.15) is 0 Å². The summed E-state index contributed by atoms with van der Waals surface area (Å²) in [7, 11) is 0. The van der Waals surface area contributed by atoms with E-state index in [9.17, 15) is 14.3 Å². The zero-order valence-electron chi connectivity index (χ0n) is 23.9. The maximum Gasteiger partial charge on any atom is 0.354 e. The molecule has 2 fully saturated rings. The summed E-state index contributed by atoms with van der Waals surface area (Å²) in [5.74, 6) is -0.472. The lowest BCUT2D eigenvalue weighted by atomic mass is 9.88. The van der Waals surface area contributed by atoms with Gasteiger partial charge in [0.1, 0.15) is 17.2 Å². The van der Waals surface area contributed by atoms with Crippen molar-refractivity contribution >= 4 is 28.7 Å². The third-order valence-corrected chi connectivity index (χ3v) is 9.18. The summed E-state index contributed by atoms with van der Waals surface area (Å²) in [6.45, 7) is 6.84. The minimum Gasteiger partial charge on any atom is -0.477 e. The van der Waals surface area contributed by atoms with Crippen LogP contribution in [0.15, 0.2) is 48.5 Å². The fraction of sp³-hybridized carbons (Fsp3) is 0.406. The van der Waals surface area contributed by atoms with E-state index in [-0.39, 0.29) is 23.8 Å². The maximum absolute atomic E-state index is 14.8. The van der Waals surface area contributed by atoms with Crippen LogP contribution >= 0.6 is 11.6 Å². The Labute approximate surface area is 253 Å². The van der Waals surface area contributed by atoms with Gasteiger partial charge in [0.15, 0.2) is 22.8 Å². The number of carboxylic acids is 1. The van der Waals surface area contributed by atoms with Crippen molar-refractivity contribution in [3.8, 4) is 11.5 Å². The first-order valence-electron chi connectivity index (χ1n) is 14.6. The number of nitrogens with zero attached hydrogens (tertiary/aromatic N) is 4. The molecule has 5 heterocycles. The molecular weight excluding hydrogens is 575 g/mol. The van der Waals surface area contributed by atoms with Crippen LogP contribution in [-0.2, 0) is 17.1 Å². The second-order valence-corrected chi connectivity index (χ2v) is 12.1. The van der Waals surface area contributed by atoms with E-state index in [2.05, 4.69) is 22.9 Å². The van der Waals surface area contributed by atoms with Crippen LogP contribution in [-0.4, -0.2) is 56.3 Å². The number of piperidine rings is 1. The third kappa shape index (κ3) is 5.01. The van der Waals surface area contributed by atoms with Gasteiger partial charge in [-0.1, -0.05) is 23.7 Å². The number of likely N-dealkylation sites (tertiary alicyclic amines) is 1. The van der Waals surface area contributed by atoms with Crippen molar-refractivity contribution in [3.05, 3.63) is 82.0 Å². The normalized spacial score (nSPS) is 22.9. The molecule has 0 saturated carbocycles. The van der Waals surface area contributed by atoms with E-state index in [1.165, 1.54) is 12.1 Å². The summed E-state index contributed by atoms with van der Waals surface area (Å²) < 4.78 is 35.1. The van der Waals surface area contributed by atoms with Crippen LogP contribution in [0.25, 0.3) is 11.2 Å². The number of carboxylic acid groups (broad SMARTS) is 1. The summed E-state index contributed by atoms with van der Waals surface area (Å²) >= 11 is 5.98. The molecule has 224 valence electrons. The number of halogens is 2. The van der Waals surface area contributed by atoms with Crippen LogP contribution in [0, 0.1) is 5.82 Å². The molecule has 2 aromatic heterocycles. The van der Waals surface area contributed by atoms with E-state index in [0.29, 0.717) is 39.8 Å². The Bertz CT molecular complexity index is 1720. The quantitative estimate of drug-likeness (QED) is 0.262. The summed E-state index contributed by atoms with van der Waals surface area (Å²) in [6, 6.07) is 13.6. The number of aromatic carboxylic acids is 1. The van der Waals surface area contributed by atoms with Gasteiger partial charge in [-0.15, -0.1) is 0 Å². The van der Waals surface area contributed by atoms with Crippen molar-refractivity contribution in [2.75, 3.05) is 19.7 Å². The molecule has 3 aliphatic heterocycles. The van der Waals surface area contributed by atoms with Gasteiger partial charge in [-0.25, -0.2) is 19.2 Å². The number of pyridine rings is 1. The van der Waals surface area contributed by atoms with Gasteiger partial charge < -0.3 is 23.9 Å². The molecule has 3 aliphatic rings. The van der Waals surface area contributed by atoms with Crippen LogP contribution in [0.2, 0.25) is 5.02 Å². The summed E-state index contributed by atoms with van der Waals surface area (Å²) in [6.07, 6.45) is 2.81. The van der Waals surface area contributed by atoms with Gasteiger partial charge in [0.2, 0.25) is 0 Å². The number of benzene rings is 2. The molecule has 9 nitrogen and oxygen atoms in total. The van der Waals surface area contributed by atoms with E-state index < -0.39 is 17.6 Å². The molecule has 0 bridgehead atoms.